The number of nitrogens with zero attached hydrogens (tertiary/aromatic N) is 1. The Labute approximate surface area is 226 Å². The zero-order valence-corrected chi connectivity index (χ0v) is 21.8. The van der Waals surface area contributed by atoms with Crippen molar-refractivity contribution in [3.8, 4) is 0 Å². The van der Waals surface area contributed by atoms with E-state index < -0.39 is 22.8 Å². The Kier molecular flexibility index (Phi) is 8.36. The Bertz CT molecular complexity index is 1560. The number of fused-ring (bicyclic) bond motifs is 1. The summed E-state index contributed by atoms with van der Waals surface area (Å²) in [5.74, 6) is -2.19. The molecule has 0 saturated carbocycles. The molecule has 0 bridgehead atoms. The highest BCUT2D eigenvalue weighted by molar-refractivity contribution is 6.00. The molecule has 0 aliphatic carbocycles. The summed E-state index contributed by atoms with van der Waals surface area (Å²) in [6, 6.07) is 20.2. The topological polar surface area (TPSA) is 108 Å². The van der Waals surface area contributed by atoms with Crippen molar-refractivity contribution < 1.29 is 24.0 Å². The molecule has 0 amide bonds. The number of methoxy groups -OCH3 is 1. The maximum atomic E-state index is 13.3. The molecule has 0 fully saturated rings. The van der Waals surface area contributed by atoms with E-state index in [1.54, 1.807) is 32.1 Å². The number of esters is 2. The van der Waals surface area contributed by atoms with Crippen LogP contribution in [-0.2, 0) is 19.1 Å². The van der Waals surface area contributed by atoms with Gasteiger partial charge in [-0.2, -0.15) is 0 Å². The lowest BCUT2D eigenvalue weighted by Gasteiger charge is -2.30. The maximum Gasteiger partial charge on any atom is 0.337 e. The van der Waals surface area contributed by atoms with Crippen LogP contribution in [-0.4, -0.2) is 30.6 Å². The van der Waals surface area contributed by atoms with Gasteiger partial charge >= 0.3 is 11.9 Å². The Morgan fingerprint density at radius 1 is 0.923 bits per heavy atom. The summed E-state index contributed by atoms with van der Waals surface area (Å²) >= 11 is 0. The molecule has 1 N–H and O–H groups in total. The van der Waals surface area contributed by atoms with Gasteiger partial charge in [0.15, 0.2) is 0 Å². The van der Waals surface area contributed by atoms with Crippen LogP contribution in [0.25, 0.3) is 16.8 Å². The Balaban J connectivity index is 1.52. The summed E-state index contributed by atoms with van der Waals surface area (Å²) in [5.41, 5.74) is 2.64. The van der Waals surface area contributed by atoms with Crippen molar-refractivity contribution in [3.05, 3.63) is 129 Å². The lowest BCUT2D eigenvalue weighted by molar-refractivity contribution is -0.384. The third-order valence-electron chi connectivity index (χ3n) is 6.42. The molecule has 4 rings (SSSR count). The fourth-order valence-corrected chi connectivity index (χ4v) is 4.61. The number of nitro benzene ring substituents is 1. The monoisotopic (exact) mass is 524 g/mol. The van der Waals surface area contributed by atoms with Gasteiger partial charge < -0.3 is 14.8 Å². The van der Waals surface area contributed by atoms with E-state index in [1.165, 1.54) is 30.7 Å². The molecular weight excluding hydrogens is 496 g/mol. The minimum absolute atomic E-state index is 0.00438. The molecule has 3 aromatic rings. The highest BCUT2D eigenvalue weighted by Crippen LogP contribution is 2.40. The van der Waals surface area contributed by atoms with Gasteiger partial charge in [0.1, 0.15) is 6.61 Å². The van der Waals surface area contributed by atoms with Crippen molar-refractivity contribution in [2.45, 2.75) is 19.8 Å². The lowest BCUT2D eigenvalue weighted by Crippen LogP contribution is -2.32. The predicted octanol–water partition coefficient (Wildman–Crippen LogP) is 5.97. The smallest absolute Gasteiger partial charge is 0.337 e. The predicted molar refractivity (Wildman–Crippen MR) is 149 cm³/mol. The van der Waals surface area contributed by atoms with Crippen LogP contribution in [0.3, 0.4) is 0 Å². The largest absolute Gasteiger partial charge is 0.466 e. The quantitative estimate of drug-likeness (QED) is 0.167. The van der Waals surface area contributed by atoms with Gasteiger partial charge in [0.2, 0.25) is 0 Å². The minimum atomic E-state index is -0.900. The van der Waals surface area contributed by atoms with Crippen molar-refractivity contribution in [1.82, 2.24) is 5.32 Å². The lowest BCUT2D eigenvalue weighted by atomic mass is 9.80. The van der Waals surface area contributed by atoms with Crippen molar-refractivity contribution in [2.24, 2.45) is 0 Å². The van der Waals surface area contributed by atoms with Gasteiger partial charge in [-0.05, 0) is 47.9 Å². The first-order valence-corrected chi connectivity index (χ1v) is 12.3. The van der Waals surface area contributed by atoms with E-state index in [4.69, 9.17) is 9.47 Å². The third kappa shape index (κ3) is 6.13. The van der Waals surface area contributed by atoms with Gasteiger partial charge in [-0.25, -0.2) is 9.59 Å². The number of rotatable bonds is 8. The van der Waals surface area contributed by atoms with E-state index in [0.717, 1.165) is 10.9 Å². The van der Waals surface area contributed by atoms with Crippen molar-refractivity contribution >= 4 is 34.5 Å². The van der Waals surface area contributed by atoms with Gasteiger partial charge in [-0.15, -0.1) is 0 Å². The first-order valence-electron chi connectivity index (χ1n) is 12.3. The summed E-state index contributed by atoms with van der Waals surface area (Å²) in [4.78, 5) is 36.9. The molecule has 0 spiro atoms. The zero-order valence-electron chi connectivity index (χ0n) is 21.8. The van der Waals surface area contributed by atoms with Crippen LogP contribution in [0.4, 0.5) is 5.69 Å². The maximum absolute atomic E-state index is 13.3. The van der Waals surface area contributed by atoms with Gasteiger partial charge in [0, 0.05) is 23.5 Å². The van der Waals surface area contributed by atoms with Crippen LogP contribution in [0.2, 0.25) is 0 Å². The van der Waals surface area contributed by atoms with E-state index >= 15 is 0 Å². The molecule has 1 atom stereocenters. The number of nitro groups is 1. The summed E-state index contributed by atoms with van der Waals surface area (Å²) in [7, 11) is 1.24. The van der Waals surface area contributed by atoms with Crippen molar-refractivity contribution in [3.63, 3.8) is 0 Å². The first-order chi connectivity index (χ1) is 18.8. The molecule has 3 aromatic carbocycles. The van der Waals surface area contributed by atoms with E-state index in [1.807, 2.05) is 30.4 Å². The number of dihydropyridines is 1. The molecular formula is C31H28N2O6. The van der Waals surface area contributed by atoms with Gasteiger partial charge in [0.05, 0.1) is 29.1 Å². The van der Waals surface area contributed by atoms with Crippen LogP contribution in [0.5, 0.6) is 0 Å². The summed E-state index contributed by atoms with van der Waals surface area (Å²) in [6.07, 6.45) is 7.30. The molecule has 8 heteroatoms. The first kappa shape index (κ1) is 27.1. The SMILES string of the molecule is COC(=O)C1=C(C)NC(C)=C(C(=O)OC/C=C/C=C/c2ccc3ccccc3c2)C1c1cccc([N+](=O)[O-])c1. The molecule has 1 aliphatic rings. The number of ether oxygens (including phenoxy) is 2. The number of benzene rings is 3. The second kappa shape index (κ2) is 12.0. The van der Waals surface area contributed by atoms with Crippen LogP contribution in [0, 0.1) is 10.1 Å². The van der Waals surface area contributed by atoms with E-state index in [-0.39, 0.29) is 23.4 Å². The Morgan fingerprint density at radius 2 is 1.64 bits per heavy atom. The average molecular weight is 525 g/mol. The third-order valence-corrected chi connectivity index (χ3v) is 6.42. The summed E-state index contributed by atoms with van der Waals surface area (Å²) < 4.78 is 10.5. The van der Waals surface area contributed by atoms with Crippen LogP contribution < -0.4 is 5.32 Å². The summed E-state index contributed by atoms with van der Waals surface area (Å²) in [5, 5.41) is 16.8. The van der Waals surface area contributed by atoms with Crippen molar-refractivity contribution in [1.29, 1.82) is 0 Å². The van der Waals surface area contributed by atoms with Gasteiger partial charge in [0.25, 0.3) is 5.69 Å². The second-order valence-corrected chi connectivity index (χ2v) is 8.97. The van der Waals surface area contributed by atoms with E-state index in [0.29, 0.717) is 17.0 Å². The Hall–Kier alpha value is -4.98. The van der Waals surface area contributed by atoms with Crippen molar-refractivity contribution in [2.75, 3.05) is 13.7 Å². The highest BCUT2D eigenvalue weighted by Gasteiger charge is 2.38. The highest BCUT2D eigenvalue weighted by atomic mass is 16.6. The molecule has 0 saturated heterocycles. The van der Waals surface area contributed by atoms with Gasteiger partial charge in [-0.3, -0.25) is 10.1 Å². The Morgan fingerprint density at radius 3 is 2.36 bits per heavy atom. The number of carbonyl (C=O) groups is 2. The molecule has 0 aromatic heterocycles. The number of carbonyl (C=O) groups excluding carboxylic acids is 2. The fraction of sp³-hybridized carbons (Fsp3) is 0.161. The number of non-ortho nitro benzene ring substituents is 1. The normalized spacial score (nSPS) is 15.6. The van der Waals surface area contributed by atoms with Crippen LogP contribution >= 0.6 is 0 Å². The fourth-order valence-electron chi connectivity index (χ4n) is 4.61. The number of hydrogen-bond acceptors (Lipinski definition) is 7. The number of allylic oxidation sites excluding steroid dienone is 4. The van der Waals surface area contributed by atoms with Crippen LogP contribution in [0.1, 0.15) is 30.9 Å². The van der Waals surface area contributed by atoms with Gasteiger partial charge in [-0.1, -0.05) is 66.8 Å². The second-order valence-electron chi connectivity index (χ2n) is 8.97. The molecule has 1 unspecified atom stereocenters. The minimum Gasteiger partial charge on any atom is -0.466 e. The molecule has 39 heavy (non-hydrogen) atoms. The number of nitrogens with one attached hydrogen (secondary N) is 1. The van der Waals surface area contributed by atoms with E-state index in [9.17, 15) is 19.7 Å². The average Bonchev–Trinajstić information content (AvgIpc) is 2.93. The zero-order chi connectivity index (χ0) is 27.9. The molecule has 0 radical (unpaired) electrons. The standard InChI is InChI=1S/C31H28N2O6/c1-20-27(30(34)38-3)29(25-13-9-14-26(19-25)33(36)37)28(21(2)32-20)31(35)39-17-8-4-5-10-22-15-16-23-11-6-7-12-24(23)18-22/h4-16,18-19,29,32H,17H2,1-3H3/b8-4+,10-5+. The van der Waals surface area contributed by atoms with Crippen LogP contribution in [0.15, 0.2) is 107 Å². The molecule has 1 aliphatic heterocycles. The molecule has 8 nitrogen and oxygen atoms in total. The number of hydrogen-bond donors (Lipinski definition) is 1. The molecule has 1 heterocycles. The summed E-state index contributed by atoms with van der Waals surface area (Å²) in [6.45, 7) is 3.38. The molecule has 198 valence electrons. The van der Waals surface area contributed by atoms with E-state index in [2.05, 4.69) is 29.6 Å².